The molecule has 24 heavy (non-hydrogen) atoms. The molecule has 2 aromatic rings. The van der Waals surface area contributed by atoms with Gasteiger partial charge in [-0.15, -0.1) is 0 Å². The molecule has 0 aliphatic heterocycles. The van der Waals surface area contributed by atoms with Crippen LogP contribution in [0.1, 0.15) is 31.0 Å². The summed E-state index contributed by atoms with van der Waals surface area (Å²) in [4.78, 5) is 14.6. The number of hydrogen-bond acceptors (Lipinski definition) is 2. The smallest absolute Gasteiger partial charge is 0.227 e. The lowest BCUT2D eigenvalue weighted by Gasteiger charge is -2.29. The van der Waals surface area contributed by atoms with Crippen molar-refractivity contribution >= 4 is 29.1 Å². The van der Waals surface area contributed by atoms with Crippen molar-refractivity contribution in [1.82, 2.24) is 4.90 Å². The van der Waals surface area contributed by atoms with Gasteiger partial charge in [-0.1, -0.05) is 41.4 Å². The number of amides is 1. The summed E-state index contributed by atoms with van der Waals surface area (Å²) in [6.07, 6.45) is 0.181. The molecule has 5 heteroatoms. The second-order valence-electron chi connectivity index (χ2n) is 5.51. The highest BCUT2D eigenvalue weighted by Gasteiger charge is 2.22. The molecular formula is C19H21Cl2NO2. The normalized spacial score (nSPS) is 11.9. The van der Waals surface area contributed by atoms with Crippen LogP contribution in [0.2, 0.25) is 10.0 Å². The van der Waals surface area contributed by atoms with Crippen LogP contribution in [0.3, 0.4) is 0 Å². The molecule has 0 fully saturated rings. The highest BCUT2D eigenvalue weighted by atomic mass is 35.5. The van der Waals surface area contributed by atoms with Crippen LogP contribution in [0.4, 0.5) is 0 Å². The van der Waals surface area contributed by atoms with Gasteiger partial charge in [-0.3, -0.25) is 4.79 Å². The maximum atomic E-state index is 12.8. The van der Waals surface area contributed by atoms with Crippen molar-refractivity contribution in [2.75, 3.05) is 13.7 Å². The quantitative estimate of drug-likeness (QED) is 0.707. The van der Waals surface area contributed by atoms with E-state index in [-0.39, 0.29) is 18.4 Å². The van der Waals surface area contributed by atoms with Crippen molar-refractivity contribution in [2.24, 2.45) is 0 Å². The third kappa shape index (κ3) is 4.22. The summed E-state index contributed by atoms with van der Waals surface area (Å²) >= 11 is 12.4. The summed E-state index contributed by atoms with van der Waals surface area (Å²) < 4.78 is 5.27. The van der Waals surface area contributed by atoms with Gasteiger partial charge in [-0.05, 0) is 49.2 Å². The molecule has 2 aromatic carbocycles. The van der Waals surface area contributed by atoms with E-state index in [0.717, 1.165) is 11.3 Å². The predicted octanol–water partition coefficient (Wildman–Crippen LogP) is 5.15. The molecule has 0 heterocycles. The monoisotopic (exact) mass is 365 g/mol. The van der Waals surface area contributed by atoms with E-state index in [0.29, 0.717) is 22.2 Å². The van der Waals surface area contributed by atoms with E-state index >= 15 is 0 Å². The molecule has 128 valence electrons. The largest absolute Gasteiger partial charge is 0.497 e. The van der Waals surface area contributed by atoms with Crippen LogP contribution in [0.15, 0.2) is 42.5 Å². The SMILES string of the molecule is CCN(C(=O)Cc1c(Cl)cccc1Cl)C(C)c1cccc(OC)c1. The molecule has 1 atom stereocenters. The molecule has 1 amide bonds. The molecule has 0 radical (unpaired) electrons. The lowest BCUT2D eigenvalue weighted by molar-refractivity contribution is -0.132. The molecule has 2 rings (SSSR count). The first-order valence-electron chi connectivity index (χ1n) is 7.84. The number of halogens is 2. The predicted molar refractivity (Wildman–Crippen MR) is 99.0 cm³/mol. The molecule has 0 spiro atoms. The summed E-state index contributed by atoms with van der Waals surface area (Å²) in [5, 5.41) is 1.03. The van der Waals surface area contributed by atoms with E-state index < -0.39 is 0 Å². The molecule has 0 aliphatic rings. The van der Waals surface area contributed by atoms with Crippen molar-refractivity contribution in [1.29, 1.82) is 0 Å². The van der Waals surface area contributed by atoms with E-state index in [1.165, 1.54) is 0 Å². The Morgan fingerprint density at radius 3 is 2.38 bits per heavy atom. The fourth-order valence-corrected chi connectivity index (χ4v) is 3.23. The van der Waals surface area contributed by atoms with Crippen LogP contribution in [-0.4, -0.2) is 24.5 Å². The number of rotatable bonds is 6. The molecule has 0 aliphatic carbocycles. The number of carbonyl (C=O) groups excluding carboxylic acids is 1. The fraction of sp³-hybridized carbons (Fsp3) is 0.316. The van der Waals surface area contributed by atoms with Crippen LogP contribution in [0, 0.1) is 0 Å². The van der Waals surface area contributed by atoms with E-state index in [2.05, 4.69) is 0 Å². The van der Waals surface area contributed by atoms with Crippen molar-refractivity contribution < 1.29 is 9.53 Å². The minimum Gasteiger partial charge on any atom is -0.497 e. The summed E-state index contributed by atoms with van der Waals surface area (Å²) in [6.45, 7) is 4.56. The maximum absolute atomic E-state index is 12.8. The first-order chi connectivity index (χ1) is 11.5. The van der Waals surface area contributed by atoms with Crippen LogP contribution in [0.5, 0.6) is 5.75 Å². The first kappa shape index (κ1) is 18.6. The van der Waals surface area contributed by atoms with Gasteiger partial charge < -0.3 is 9.64 Å². The molecule has 0 saturated carbocycles. The minimum absolute atomic E-state index is 0.0113. The van der Waals surface area contributed by atoms with Crippen LogP contribution >= 0.6 is 23.2 Å². The fourth-order valence-electron chi connectivity index (χ4n) is 2.70. The van der Waals surface area contributed by atoms with E-state index in [1.54, 1.807) is 25.3 Å². The Morgan fingerprint density at radius 1 is 1.17 bits per heavy atom. The minimum atomic E-state index is -0.0705. The number of nitrogens with zero attached hydrogens (tertiary/aromatic N) is 1. The van der Waals surface area contributed by atoms with Gasteiger partial charge in [0.15, 0.2) is 0 Å². The van der Waals surface area contributed by atoms with Gasteiger partial charge in [0.05, 0.1) is 19.6 Å². The number of methoxy groups -OCH3 is 1. The van der Waals surface area contributed by atoms with Gasteiger partial charge in [0.1, 0.15) is 5.75 Å². The van der Waals surface area contributed by atoms with Crippen molar-refractivity contribution in [3.63, 3.8) is 0 Å². The summed E-state index contributed by atoms with van der Waals surface area (Å²) in [5.74, 6) is 0.764. The standard InChI is InChI=1S/C19H21Cl2NO2/c1-4-22(13(2)14-7-5-8-15(11-14)24-3)19(23)12-16-17(20)9-6-10-18(16)21/h5-11,13H,4,12H2,1-3H3. The van der Waals surface area contributed by atoms with Gasteiger partial charge in [0.2, 0.25) is 5.91 Å². The third-order valence-electron chi connectivity index (χ3n) is 4.09. The lowest BCUT2D eigenvalue weighted by atomic mass is 10.0. The summed E-state index contributed by atoms with van der Waals surface area (Å²) in [6, 6.07) is 12.9. The highest BCUT2D eigenvalue weighted by Crippen LogP contribution is 2.28. The molecule has 0 bridgehead atoms. The molecule has 0 aromatic heterocycles. The van der Waals surface area contributed by atoms with Crippen LogP contribution in [-0.2, 0) is 11.2 Å². The Hall–Kier alpha value is -1.71. The topological polar surface area (TPSA) is 29.5 Å². The Kier molecular flexibility index (Phi) is 6.52. The van der Waals surface area contributed by atoms with E-state index in [1.807, 2.05) is 43.0 Å². The Balaban J connectivity index is 2.22. The molecule has 3 nitrogen and oxygen atoms in total. The van der Waals surface area contributed by atoms with Crippen molar-refractivity contribution in [3.8, 4) is 5.75 Å². The van der Waals surface area contributed by atoms with Crippen LogP contribution < -0.4 is 4.74 Å². The number of carbonyl (C=O) groups is 1. The molecule has 0 N–H and O–H groups in total. The Bertz CT molecular complexity index is 698. The highest BCUT2D eigenvalue weighted by molar-refractivity contribution is 6.36. The van der Waals surface area contributed by atoms with Crippen molar-refractivity contribution in [2.45, 2.75) is 26.3 Å². The zero-order chi connectivity index (χ0) is 17.7. The Labute approximate surface area is 153 Å². The maximum Gasteiger partial charge on any atom is 0.227 e. The number of hydrogen-bond donors (Lipinski definition) is 0. The Morgan fingerprint density at radius 2 is 1.79 bits per heavy atom. The lowest BCUT2D eigenvalue weighted by Crippen LogP contribution is -2.34. The van der Waals surface area contributed by atoms with E-state index in [9.17, 15) is 4.79 Å². The number of likely N-dealkylation sites (N-methyl/N-ethyl adjacent to an activating group) is 1. The summed E-state index contributed by atoms with van der Waals surface area (Å²) in [5.41, 5.74) is 1.69. The second kappa shape index (κ2) is 8.41. The van der Waals surface area contributed by atoms with Gasteiger partial charge in [-0.25, -0.2) is 0 Å². The zero-order valence-electron chi connectivity index (χ0n) is 14.1. The molecular weight excluding hydrogens is 345 g/mol. The number of benzene rings is 2. The average molecular weight is 366 g/mol. The van der Waals surface area contributed by atoms with Crippen molar-refractivity contribution in [3.05, 3.63) is 63.6 Å². The zero-order valence-corrected chi connectivity index (χ0v) is 15.6. The number of ether oxygens (including phenoxy) is 1. The second-order valence-corrected chi connectivity index (χ2v) is 6.32. The summed E-state index contributed by atoms with van der Waals surface area (Å²) in [7, 11) is 1.63. The molecule has 1 unspecified atom stereocenters. The van der Waals surface area contributed by atoms with Gasteiger partial charge >= 0.3 is 0 Å². The molecule has 0 saturated heterocycles. The van der Waals surface area contributed by atoms with Crippen LogP contribution in [0.25, 0.3) is 0 Å². The third-order valence-corrected chi connectivity index (χ3v) is 4.80. The van der Waals surface area contributed by atoms with E-state index in [4.69, 9.17) is 27.9 Å². The average Bonchev–Trinajstić information content (AvgIpc) is 2.59. The van der Waals surface area contributed by atoms with Gasteiger partial charge in [0, 0.05) is 16.6 Å². The van der Waals surface area contributed by atoms with Gasteiger partial charge in [-0.2, -0.15) is 0 Å². The van der Waals surface area contributed by atoms with Gasteiger partial charge in [0.25, 0.3) is 0 Å². The first-order valence-corrected chi connectivity index (χ1v) is 8.59.